The summed E-state index contributed by atoms with van der Waals surface area (Å²) in [5.74, 6) is 0.562. The third kappa shape index (κ3) is 3.73. The molecule has 0 saturated carbocycles. The summed E-state index contributed by atoms with van der Waals surface area (Å²) in [6.07, 6.45) is 3.70. The quantitative estimate of drug-likeness (QED) is 0.576. The van der Waals surface area contributed by atoms with Crippen molar-refractivity contribution in [2.24, 2.45) is 0 Å². The first-order valence-corrected chi connectivity index (χ1v) is 10.4. The summed E-state index contributed by atoms with van der Waals surface area (Å²) in [7, 11) is 3.03. The predicted molar refractivity (Wildman–Crippen MR) is 118 cm³/mol. The van der Waals surface area contributed by atoms with E-state index in [4.69, 9.17) is 32.7 Å². The van der Waals surface area contributed by atoms with E-state index >= 15 is 0 Å². The number of carbonyl (C=O) groups is 1. The highest BCUT2D eigenvalue weighted by atomic mass is 35.5. The first-order valence-electron chi connectivity index (χ1n) is 9.62. The van der Waals surface area contributed by atoms with Gasteiger partial charge in [-0.05, 0) is 37.8 Å². The molecule has 0 unspecified atom stereocenters. The van der Waals surface area contributed by atoms with Crippen LogP contribution in [0, 0.1) is 0 Å². The van der Waals surface area contributed by atoms with Crippen molar-refractivity contribution in [3.63, 3.8) is 0 Å². The number of hydrogen-bond donors (Lipinski definition) is 1. The minimum absolute atomic E-state index is 0.318. The SMILES string of the molecule is COc1cc(NC(=O)c2nn(-c3ccccc3Cl)c3c2CCCC3)c(OC)cc1Cl. The predicted octanol–water partition coefficient (Wildman–Crippen LogP) is 5.33. The van der Waals surface area contributed by atoms with Crippen LogP contribution in [0.25, 0.3) is 5.69 Å². The molecule has 0 spiro atoms. The largest absolute Gasteiger partial charge is 0.495 e. The first kappa shape index (κ1) is 20.6. The molecule has 2 aromatic carbocycles. The topological polar surface area (TPSA) is 65.4 Å². The number of carbonyl (C=O) groups excluding carboxylic acids is 1. The summed E-state index contributed by atoms with van der Waals surface area (Å²) in [4.78, 5) is 13.2. The Morgan fingerprint density at radius 3 is 2.50 bits per heavy atom. The van der Waals surface area contributed by atoms with Crippen LogP contribution in [-0.2, 0) is 12.8 Å². The van der Waals surface area contributed by atoms with Gasteiger partial charge in [-0.15, -0.1) is 0 Å². The highest BCUT2D eigenvalue weighted by molar-refractivity contribution is 6.32. The molecule has 0 bridgehead atoms. The standard InChI is InChI=1S/C22H21Cl2N3O3/c1-29-19-12-16(20(30-2)11-15(19)24)25-22(28)21-13-7-3-5-9-17(13)27(26-21)18-10-6-4-8-14(18)23/h4,6,8,10-12H,3,5,7,9H2,1-2H3,(H,25,28). The molecule has 1 aliphatic rings. The number of benzene rings is 2. The molecule has 0 fully saturated rings. The van der Waals surface area contributed by atoms with Gasteiger partial charge >= 0.3 is 0 Å². The summed E-state index contributed by atoms with van der Waals surface area (Å²) >= 11 is 12.6. The van der Waals surface area contributed by atoms with Crippen LogP contribution < -0.4 is 14.8 Å². The number of nitrogens with one attached hydrogen (secondary N) is 1. The highest BCUT2D eigenvalue weighted by Gasteiger charge is 2.27. The van der Waals surface area contributed by atoms with E-state index in [1.165, 1.54) is 14.2 Å². The summed E-state index contributed by atoms with van der Waals surface area (Å²) in [6, 6.07) is 10.7. The second-order valence-electron chi connectivity index (χ2n) is 6.99. The third-order valence-electron chi connectivity index (χ3n) is 5.20. The Morgan fingerprint density at radius 1 is 1.03 bits per heavy atom. The van der Waals surface area contributed by atoms with Crippen molar-refractivity contribution >= 4 is 34.8 Å². The molecule has 4 rings (SSSR count). The van der Waals surface area contributed by atoms with E-state index in [2.05, 4.69) is 10.4 Å². The van der Waals surface area contributed by atoms with Crippen LogP contribution in [0.5, 0.6) is 11.5 Å². The van der Waals surface area contributed by atoms with E-state index in [-0.39, 0.29) is 5.91 Å². The van der Waals surface area contributed by atoms with Crippen LogP contribution in [0.15, 0.2) is 36.4 Å². The lowest BCUT2D eigenvalue weighted by molar-refractivity contribution is 0.102. The highest BCUT2D eigenvalue weighted by Crippen LogP contribution is 2.36. The molecule has 30 heavy (non-hydrogen) atoms. The summed E-state index contributed by atoms with van der Waals surface area (Å²) in [6.45, 7) is 0. The van der Waals surface area contributed by atoms with Crippen molar-refractivity contribution in [2.45, 2.75) is 25.7 Å². The molecule has 8 heteroatoms. The van der Waals surface area contributed by atoms with Crippen molar-refractivity contribution in [1.82, 2.24) is 9.78 Å². The number of amides is 1. The minimum Gasteiger partial charge on any atom is -0.495 e. The number of fused-ring (bicyclic) bond motifs is 1. The van der Waals surface area contributed by atoms with Crippen LogP contribution in [0.4, 0.5) is 5.69 Å². The molecule has 6 nitrogen and oxygen atoms in total. The molecule has 0 aliphatic heterocycles. The lowest BCUT2D eigenvalue weighted by Gasteiger charge is -2.15. The number of hydrogen-bond acceptors (Lipinski definition) is 4. The number of methoxy groups -OCH3 is 2. The van der Waals surface area contributed by atoms with Crippen molar-refractivity contribution in [2.75, 3.05) is 19.5 Å². The lowest BCUT2D eigenvalue weighted by atomic mass is 9.95. The average molecular weight is 446 g/mol. The zero-order valence-corrected chi connectivity index (χ0v) is 18.2. The van der Waals surface area contributed by atoms with Gasteiger partial charge in [0, 0.05) is 23.4 Å². The summed E-state index contributed by atoms with van der Waals surface area (Å²) in [5, 5.41) is 8.54. The van der Waals surface area contributed by atoms with E-state index in [1.54, 1.807) is 16.8 Å². The maximum Gasteiger partial charge on any atom is 0.276 e. The van der Waals surface area contributed by atoms with Crippen LogP contribution >= 0.6 is 23.2 Å². The molecule has 156 valence electrons. The molecule has 0 atom stereocenters. The number of halogens is 2. The van der Waals surface area contributed by atoms with E-state index in [0.29, 0.717) is 32.9 Å². The van der Waals surface area contributed by atoms with Gasteiger partial charge in [-0.3, -0.25) is 4.79 Å². The molecule has 1 heterocycles. The van der Waals surface area contributed by atoms with Crippen LogP contribution in [0.1, 0.15) is 34.6 Å². The Kier molecular flexibility index (Phi) is 5.88. The number of aromatic nitrogens is 2. The fourth-order valence-corrected chi connectivity index (χ4v) is 4.19. The van der Waals surface area contributed by atoms with Gasteiger partial charge in [-0.2, -0.15) is 5.10 Å². The Balaban J connectivity index is 1.75. The number of nitrogens with zero attached hydrogens (tertiary/aromatic N) is 2. The molecule has 1 N–H and O–H groups in total. The van der Waals surface area contributed by atoms with Gasteiger partial charge in [0.15, 0.2) is 5.69 Å². The van der Waals surface area contributed by atoms with E-state index in [9.17, 15) is 4.79 Å². The summed E-state index contributed by atoms with van der Waals surface area (Å²) in [5.41, 5.74) is 3.60. The number of anilines is 1. The smallest absolute Gasteiger partial charge is 0.276 e. The Bertz CT molecular complexity index is 1110. The minimum atomic E-state index is -0.318. The molecule has 1 aliphatic carbocycles. The molecule has 1 amide bonds. The maximum absolute atomic E-state index is 13.2. The first-order chi connectivity index (χ1) is 14.5. The molecule has 1 aromatic heterocycles. The van der Waals surface area contributed by atoms with Crippen molar-refractivity contribution in [1.29, 1.82) is 0 Å². The Morgan fingerprint density at radius 2 is 1.77 bits per heavy atom. The second kappa shape index (κ2) is 8.58. The van der Waals surface area contributed by atoms with E-state index < -0.39 is 0 Å². The van der Waals surface area contributed by atoms with Crippen molar-refractivity contribution < 1.29 is 14.3 Å². The van der Waals surface area contributed by atoms with Crippen LogP contribution in [-0.4, -0.2) is 29.9 Å². The fourth-order valence-electron chi connectivity index (χ4n) is 3.74. The average Bonchev–Trinajstić information content (AvgIpc) is 3.14. The third-order valence-corrected chi connectivity index (χ3v) is 5.81. The lowest BCUT2D eigenvalue weighted by Crippen LogP contribution is -2.16. The van der Waals surface area contributed by atoms with Crippen molar-refractivity contribution in [3.8, 4) is 17.2 Å². The van der Waals surface area contributed by atoms with Gasteiger partial charge in [-0.1, -0.05) is 35.3 Å². The molecule has 0 radical (unpaired) electrons. The zero-order valence-electron chi connectivity index (χ0n) is 16.7. The number of rotatable bonds is 5. The second-order valence-corrected chi connectivity index (χ2v) is 7.80. The monoisotopic (exact) mass is 445 g/mol. The summed E-state index contributed by atoms with van der Waals surface area (Å²) < 4.78 is 12.4. The van der Waals surface area contributed by atoms with Gasteiger partial charge in [0.2, 0.25) is 0 Å². The van der Waals surface area contributed by atoms with Gasteiger partial charge in [0.25, 0.3) is 5.91 Å². The van der Waals surface area contributed by atoms with E-state index in [0.717, 1.165) is 42.6 Å². The maximum atomic E-state index is 13.2. The van der Waals surface area contributed by atoms with Gasteiger partial charge in [0.1, 0.15) is 11.5 Å². The number of ether oxygens (including phenoxy) is 2. The van der Waals surface area contributed by atoms with Crippen LogP contribution in [0.3, 0.4) is 0 Å². The van der Waals surface area contributed by atoms with Gasteiger partial charge in [0.05, 0.1) is 35.6 Å². The number of para-hydroxylation sites is 1. The van der Waals surface area contributed by atoms with Crippen molar-refractivity contribution in [3.05, 3.63) is 63.4 Å². The molecular weight excluding hydrogens is 425 g/mol. The zero-order chi connectivity index (χ0) is 21.3. The molecular formula is C22H21Cl2N3O3. The van der Waals surface area contributed by atoms with Crippen LogP contribution in [0.2, 0.25) is 10.0 Å². The molecule has 0 saturated heterocycles. The Labute approximate surface area is 184 Å². The normalized spacial score (nSPS) is 12.9. The fraction of sp³-hybridized carbons (Fsp3) is 0.273. The molecule has 3 aromatic rings. The van der Waals surface area contributed by atoms with E-state index in [1.807, 2.05) is 24.3 Å². The van der Waals surface area contributed by atoms with Gasteiger partial charge in [-0.25, -0.2) is 4.68 Å². The Hall–Kier alpha value is -2.70. The van der Waals surface area contributed by atoms with Gasteiger partial charge < -0.3 is 14.8 Å².